The number of benzene rings is 2. The summed E-state index contributed by atoms with van der Waals surface area (Å²) >= 11 is 15.4. The molecule has 1 heterocycles. The van der Waals surface area contributed by atoms with Crippen LogP contribution >= 0.6 is 39.1 Å². The lowest BCUT2D eigenvalue weighted by molar-refractivity contribution is -0.143. The van der Waals surface area contributed by atoms with Crippen molar-refractivity contribution in [3.05, 3.63) is 77.1 Å². The van der Waals surface area contributed by atoms with Gasteiger partial charge in [-0.3, -0.25) is 18.7 Å². The molecular formula is C19H14BrCl2FN2O4. The first kappa shape index (κ1) is 21.5. The Morgan fingerprint density at radius 3 is 2.55 bits per heavy atom. The Bertz CT molecular complexity index is 1240. The number of rotatable bonds is 5. The smallest absolute Gasteiger partial charge is 0.332 e. The Labute approximate surface area is 182 Å². The number of esters is 1. The van der Waals surface area contributed by atoms with Crippen molar-refractivity contribution in [2.75, 3.05) is 6.61 Å². The molecule has 29 heavy (non-hydrogen) atoms. The summed E-state index contributed by atoms with van der Waals surface area (Å²) in [6, 6.07) is 7.00. The molecule has 0 atom stereocenters. The van der Waals surface area contributed by atoms with E-state index in [0.29, 0.717) is 4.47 Å². The molecule has 0 radical (unpaired) electrons. The maximum absolute atomic E-state index is 14.3. The molecule has 0 saturated carbocycles. The van der Waals surface area contributed by atoms with Gasteiger partial charge < -0.3 is 4.74 Å². The van der Waals surface area contributed by atoms with Gasteiger partial charge >= 0.3 is 11.7 Å². The van der Waals surface area contributed by atoms with Gasteiger partial charge in [0.25, 0.3) is 5.56 Å². The molecule has 10 heteroatoms. The zero-order valence-electron chi connectivity index (χ0n) is 15.0. The topological polar surface area (TPSA) is 70.3 Å². The highest BCUT2D eigenvalue weighted by molar-refractivity contribution is 9.10. The second-order valence-electron chi connectivity index (χ2n) is 6.08. The molecule has 3 rings (SSSR count). The van der Waals surface area contributed by atoms with Crippen molar-refractivity contribution in [1.82, 2.24) is 9.13 Å². The van der Waals surface area contributed by atoms with Crippen LogP contribution in [0.25, 0.3) is 10.9 Å². The lowest BCUT2D eigenvalue weighted by Crippen LogP contribution is -2.41. The highest BCUT2D eigenvalue weighted by Gasteiger charge is 2.19. The van der Waals surface area contributed by atoms with Crippen LogP contribution in [0.5, 0.6) is 0 Å². The third-order valence-electron chi connectivity index (χ3n) is 4.18. The number of aromatic nitrogens is 2. The quantitative estimate of drug-likeness (QED) is 0.494. The first-order valence-electron chi connectivity index (χ1n) is 8.44. The molecule has 0 aliphatic heterocycles. The van der Waals surface area contributed by atoms with Gasteiger partial charge in [0.05, 0.1) is 29.1 Å². The minimum atomic E-state index is -0.809. The van der Waals surface area contributed by atoms with E-state index in [4.69, 9.17) is 27.9 Å². The maximum atomic E-state index is 14.3. The Kier molecular flexibility index (Phi) is 6.45. The Morgan fingerprint density at radius 2 is 1.90 bits per heavy atom. The maximum Gasteiger partial charge on any atom is 0.332 e. The van der Waals surface area contributed by atoms with Crippen LogP contribution in [-0.2, 0) is 22.6 Å². The number of carbonyl (C=O) groups excluding carboxylic acids is 1. The van der Waals surface area contributed by atoms with Gasteiger partial charge in [-0.05, 0) is 31.2 Å². The van der Waals surface area contributed by atoms with Gasteiger partial charge in [-0.1, -0.05) is 45.2 Å². The van der Waals surface area contributed by atoms with Gasteiger partial charge in [0.2, 0.25) is 0 Å². The first-order chi connectivity index (χ1) is 13.7. The number of halogens is 4. The molecule has 0 spiro atoms. The molecule has 0 unspecified atom stereocenters. The number of ether oxygens (including phenoxy) is 1. The summed E-state index contributed by atoms with van der Waals surface area (Å²) < 4.78 is 21.6. The second kappa shape index (κ2) is 8.69. The fraction of sp³-hybridized carbons (Fsp3) is 0.211. The zero-order valence-corrected chi connectivity index (χ0v) is 18.1. The number of hydrogen-bond acceptors (Lipinski definition) is 4. The van der Waals surface area contributed by atoms with Gasteiger partial charge in [-0.25, -0.2) is 9.18 Å². The van der Waals surface area contributed by atoms with Crippen LogP contribution in [0.2, 0.25) is 10.0 Å². The first-order valence-corrected chi connectivity index (χ1v) is 9.99. The number of hydrogen-bond donors (Lipinski definition) is 0. The summed E-state index contributed by atoms with van der Waals surface area (Å²) in [5.41, 5.74) is -1.30. The lowest BCUT2D eigenvalue weighted by Gasteiger charge is -2.15. The van der Waals surface area contributed by atoms with Crippen LogP contribution in [0, 0.1) is 5.82 Å². The fourth-order valence-corrected chi connectivity index (χ4v) is 3.80. The minimum Gasteiger partial charge on any atom is -0.465 e. The Hall–Kier alpha value is -2.16. The monoisotopic (exact) mass is 502 g/mol. The van der Waals surface area contributed by atoms with E-state index < -0.39 is 29.6 Å². The predicted octanol–water partition coefficient (Wildman–Crippen LogP) is 3.98. The van der Waals surface area contributed by atoms with Crippen molar-refractivity contribution >= 4 is 56.0 Å². The Morgan fingerprint density at radius 1 is 1.17 bits per heavy atom. The summed E-state index contributed by atoms with van der Waals surface area (Å²) in [6.07, 6.45) is 0. The highest BCUT2D eigenvalue weighted by Crippen LogP contribution is 2.25. The van der Waals surface area contributed by atoms with E-state index in [1.807, 2.05) is 0 Å². The normalized spacial score (nSPS) is 11.1. The molecular weight excluding hydrogens is 490 g/mol. The van der Waals surface area contributed by atoms with Crippen LogP contribution in [0.1, 0.15) is 12.5 Å². The molecule has 0 aliphatic rings. The van der Waals surface area contributed by atoms with E-state index in [0.717, 1.165) is 9.13 Å². The van der Waals surface area contributed by atoms with E-state index in [9.17, 15) is 18.8 Å². The van der Waals surface area contributed by atoms with E-state index in [-0.39, 0.29) is 39.7 Å². The third-order valence-corrected chi connectivity index (χ3v) is 5.19. The van der Waals surface area contributed by atoms with Crippen molar-refractivity contribution < 1.29 is 13.9 Å². The van der Waals surface area contributed by atoms with E-state index in [2.05, 4.69) is 15.9 Å². The van der Waals surface area contributed by atoms with E-state index >= 15 is 0 Å². The largest absolute Gasteiger partial charge is 0.465 e. The fourth-order valence-electron chi connectivity index (χ4n) is 2.90. The molecule has 3 aromatic rings. The molecule has 152 valence electrons. The summed E-state index contributed by atoms with van der Waals surface area (Å²) in [6.45, 7) is 0.956. The minimum absolute atomic E-state index is 0.00233. The second-order valence-corrected chi connectivity index (χ2v) is 7.84. The molecule has 0 aliphatic carbocycles. The highest BCUT2D eigenvalue weighted by atomic mass is 79.9. The molecule has 2 aromatic carbocycles. The summed E-state index contributed by atoms with van der Waals surface area (Å²) in [5.74, 6) is -1.27. The SMILES string of the molecule is CCOC(=O)Cn1c(=O)n(Cc2ccc(Br)cc2F)c(=O)c2c(Cl)cc(Cl)cc21. The number of fused-ring (bicyclic) bond motifs is 1. The third kappa shape index (κ3) is 4.39. The van der Waals surface area contributed by atoms with Gasteiger partial charge in [0.1, 0.15) is 12.4 Å². The van der Waals surface area contributed by atoms with Gasteiger partial charge in [-0.2, -0.15) is 0 Å². The summed E-state index contributed by atoms with van der Waals surface area (Å²) in [7, 11) is 0. The molecule has 1 aromatic heterocycles. The van der Waals surface area contributed by atoms with E-state index in [1.165, 1.54) is 24.3 Å². The van der Waals surface area contributed by atoms with Crippen molar-refractivity contribution in [1.29, 1.82) is 0 Å². The standard InChI is InChI=1S/C19H14BrCl2FN2O4/c1-2-29-16(26)9-24-15-7-12(21)6-13(22)17(15)18(27)25(19(24)28)8-10-3-4-11(20)5-14(10)23/h3-7H,2,8-9H2,1H3. The number of carbonyl (C=O) groups is 1. The predicted molar refractivity (Wildman–Crippen MR) is 112 cm³/mol. The Balaban J connectivity index is 2.29. The molecule has 0 fully saturated rings. The average Bonchev–Trinajstić information content (AvgIpc) is 2.63. The lowest BCUT2D eigenvalue weighted by atomic mass is 10.2. The van der Waals surface area contributed by atoms with Crippen molar-refractivity contribution in [2.45, 2.75) is 20.0 Å². The molecule has 0 N–H and O–H groups in total. The van der Waals surface area contributed by atoms with Crippen molar-refractivity contribution in [2.24, 2.45) is 0 Å². The average molecular weight is 504 g/mol. The molecule has 0 bridgehead atoms. The summed E-state index contributed by atoms with van der Waals surface area (Å²) in [4.78, 5) is 38.1. The van der Waals surface area contributed by atoms with Crippen LogP contribution in [0.3, 0.4) is 0 Å². The molecule has 6 nitrogen and oxygen atoms in total. The van der Waals surface area contributed by atoms with Gasteiger partial charge in [0.15, 0.2) is 0 Å². The molecule has 0 amide bonds. The van der Waals surface area contributed by atoms with Crippen LogP contribution < -0.4 is 11.2 Å². The van der Waals surface area contributed by atoms with Crippen LogP contribution in [0.4, 0.5) is 4.39 Å². The number of nitrogens with zero attached hydrogens (tertiary/aromatic N) is 2. The van der Waals surface area contributed by atoms with Gasteiger partial charge in [-0.15, -0.1) is 0 Å². The summed E-state index contributed by atoms with van der Waals surface area (Å²) in [5, 5.41) is 0.202. The van der Waals surface area contributed by atoms with Gasteiger partial charge in [0, 0.05) is 15.1 Å². The van der Waals surface area contributed by atoms with Crippen LogP contribution in [-0.4, -0.2) is 21.7 Å². The van der Waals surface area contributed by atoms with Crippen LogP contribution in [0.15, 0.2) is 44.4 Å². The molecule has 0 saturated heterocycles. The van der Waals surface area contributed by atoms with Crippen molar-refractivity contribution in [3.8, 4) is 0 Å². The van der Waals surface area contributed by atoms with Crippen molar-refractivity contribution in [3.63, 3.8) is 0 Å². The van der Waals surface area contributed by atoms with E-state index in [1.54, 1.807) is 13.0 Å². The zero-order chi connectivity index (χ0) is 21.3.